The summed E-state index contributed by atoms with van der Waals surface area (Å²) >= 11 is 0. The summed E-state index contributed by atoms with van der Waals surface area (Å²) in [5, 5.41) is 0. The van der Waals surface area contributed by atoms with E-state index in [1.54, 1.807) is 6.07 Å². The van der Waals surface area contributed by atoms with Crippen LogP contribution in [0.3, 0.4) is 0 Å². The fourth-order valence-electron chi connectivity index (χ4n) is 2.58. The Morgan fingerprint density at radius 2 is 2.05 bits per heavy atom. The Morgan fingerprint density at radius 3 is 2.65 bits per heavy atom. The lowest BCUT2D eigenvalue weighted by Gasteiger charge is -2.30. The highest BCUT2D eigenvalue weighted by atomic mass is 19.4. The number of carbonyl (C=O) groups excluding carboxylic acids is 1. The van der Waals surface area contributed by atoms with Gasteiger partial charge < -0.3 is 4.90 Å². The summed E-state index contributed by atoms with van der Waals surface area (Å²) in [7, 11) is 0. The third-order valence-electron chi connectivity index (χ3n) is 3.40. The third kappa shape index (κ3) is 3.14. The van der Waals surface area contributed by atoms with Crippen molar-refractivity contribution >= 4 is 11.6 Å². The van der Waals surface area contributed by atoms with Crippen molar-refractivity contribution < 1.29 is 18.0 Å². The molecule has 1 aliphatic rings. The number of fused-ring (bicyclic) bond motifs is 1. The van der Waals surface area contributed by atoms with Gasteiger partial charge in [-0.05, 0) is 42.4 Å². The first-order valence-electron chi connectivity index (χ1n) is 6.79. The first-order chi connectivity index (χ1) is 9.29. The summed E-state index contributed by atoms with van der Waals surface area (Å²) < 4.78 is 37.9. The highest BCUT2D eigenvalue weighted by Crippen LogP contribution is 2.32. The van der Waals surface area contributed by atoms with Crippen molar-refractivity contribution in [3.63, 3.8) is 0 Å². The van der Waals surface area contributed by atoms with Gasteiger partial charge in [-0.25, -0.2) is 0 Å². The molecule has 0 aliphatic carbocycles. The van der Waals surface area contributed by atoms with Crippen LogP contribution in [0.2, 0.25) is 0 Å². The van der Waals surface area contributed by atoms with Crippen molar-refractivity contribution in [1.82, 2.24) is 0 Å². The molecular formula is C15H18F3NO. The van der Waals surface area contributed by atoms with Gasteiger partial charge in [-0.3, -0.25) is 4.79 Å². The zero-order valence-electron chi connectivity index (χ0n) is 11.6. The van der Waals surface area contributed by atoms with Crippen LogP contribution < -0.4 is 4.90 Å². The maximum absolute atomic E-state index is 12.6. The maximum atomic E-state index is 12.6. The molecule has 0 saturated heterocycles. The number of aryl methyl sites for hydroxylation is 1. The second kappa shape index (κ2) is 5.46. The van der Waals surface area contributed by atoms with E-state index in [2.05, 4.69) is 13.8 Å². The minimum Gasteiger partial charge on any atom is -0.304 e. The fraction of sp³-hybridized carbons (Fsp3) is 0.533. The van der Waals surface area contributed by atoms with Crippen molar-refractivity contribution in [3.05, 3.63) is 29.3 Å². The number of benzene rings is 1. The molecule has 0 saturated carbocycles. The van der Waals surface area contributed by atoms with Gasteiger partial charge in [-0.15, -0.1) is 0 Å². The molecule has 20 heavy (non-hydrogen) atoms. The molecule has 0 atom stereocenters. The first-order valence-corrected chi connectivity index (χ1v) is 6.79. The zero-order valence-corrected chi connectivity index (χ0v) is 11.6. The van der Waals surface area contributed by atoms with Crippen LogP contribution in [0.15, 0.2) is 18.2 Å². The van der Waals surface area contributed by atoms with Crippen LogP contribution in [0.1, 0.15) is 31.4 Å². The molecule has 0 aromatic heterocycles. The van der Waals surface area contributed by atoms with Crippen LogP contribution in [-0.4, -0.2) is 18.6 Å². The Bertz CT molecular complexity index is 508. The average Bonchev–Trinajstić information content (AvgIpc) is 2.35. The predicted octanol–water partition coefficient (Wildman–Crippen LogP) is 3.73. The molecule has 0 spiro atoms. The van der Waals surface area contributed by atoms with Crippen molar-refractivity contribution in [2.75, 3.05) is 11.4 Å². The van der Waals surface area contributed by atoms with Gasteiger partial charge in [-0.1, -0.05) is 26.0 Å². The molecule has 0 fully saturated rings. The first kappa shape index (κ1) is 14.9. The van der Waals surface area contributed by atoms with Crippen LogP contribution >= 0.6 is 0 Å². The molecule has 0 radical (unpaired) electrons. The highest BCUT2D eigenvalue weighted by Gasteiger charge is 2.44. The number of hydrogen-bond acceptors (Lipinski definition) is 1. The number of carbonyl (C=O) groups is 1. The number of rotatable bonds is 2. The number of halogens is 3. The number of amides is 1. The van der Waals surface area contributed by atoms with E-state index in [0.717, 1.165) is 28.9 Å². The summed E-state index contributed by atoms with van der Waals surface area (Å²) in [5.41, 5.74) is 2.22. The van der Waals surface area contributed by atoms with Gasteiger partial charge in [0.2, 0.25) is 0 Å². The van der Waals surface area contributed by atoms with Gasteiger partial charge in [0.25, 0.3) is 0 Å². The lowest BCUT2D eigenvalue weighted by atomic mass is 9.96. The van der Waals surface area contributed by atoms with Crippen molar-refractivity contribution in [2.24, 2.45) is 5.92 Å². The van der Waals surface area contributed by atoms with E-state index >= 15 is 0 Å². The number of nitrogens with zero attached hydrogens (tertiary/aromatic N) is 1. The fourth-order valence-corrected chi connectivity index (χ4v) is 2.58. The molecule has 1 aromatic carbocycles. The maximum Gasteiger partial charge on any atom is 0.471 e. The molecule has 0 bridgehead atoms. The zero-order chi connectivity index (χ0) is 14.9. The average molecular weight is 285 g/mol. The molecule has 1 amide bonds. The minimum atomic E-state index is -4.82. The van der Waals surface area contributed by atoms with Gasteiger partial charge in [-0.2, -0.15) is 13.2 Å². The number of alkyl halides is 3. The SMILES string of the molecule is CC(C)Cc1ccc2c(c1)N(C(=O)C(F)(F)F)CCC2. The largest absolute Gasteiger partial charge is 0.471 e. The van der Waals surface area contributed by atoms with Crippen molar-refractivity contribution in [3.8, 4) is 0 Å². The van der Waals surface area contributed by atoms with E-state index in [0.29, 0.717) is 18.0 Å². The van der Waals surface area contributed by atoms with Gasteiger partial charge in [0, 0.05) is 12.2 Å². The standard InChI is InChI=1S/C15H18F3NO/c1-10(2)8-11-5-6-12-4-3-7-19(13(12)9-11)14(20)15(16,17)18/h5-6,9-10H,3-4,7-8H2,1-2H3. The molecule has 1 aliphatic heterocycles. The summed E-state index contributed by atoms with van der Waals surface area (Å²) in [6, 6.07) is 5.53. The van der Waals surface area contributed by atoms with Gasteiger partial charge >= 0.3 is 12.1 Å². The second-order valence-electron chi connectivity index (χ2n) is 5.62. The lowest BCUT2D eigenvalue weighted by molar-refractivity contribution is -0.170. The molecule has 0 unspecified atom stereocenters. The Hall–Kier alpha value is -1.52. The summed E-state index contributed by atoms with van der Waals surface area (Å²) in [5.74, 6) is -1.34. The Labute approximate surface area is 116 Å². The smallest absolute Gasteiger partial charge is 0.304 e. The summed E-state index contributed by atoms with van der Waals surface area (Å²) in [6.45, 7) is 4.24. The van der Waals surface area contributed by atoms with E-state index < -0.39 is 12.1 Å². The molecular weight excluding hydrogens is 267 g/mol. The van der Waals surface area contributed by atoms with E-state index in [1.165, 1.54) is 0 Å². The van der Waals surface area contributed by atoms with Crippen LogP contribution in [-0.2, 0) is 17.6 Å². The van der Waals surface area contributed by atoms with Crippen LogP contribution in [0.5, 0.6) is 0 Å². The minimum absolute atomic E-state index is 0.135. The van der Waals surface area contributed by atoms with E-state index in [1.807, 2.05) is 12.1 Å². The highest BCUT2D eigenvalue weighted by molar-refractivity contribution is 5.98. The van der Waals surface area contributed by atoms with Gasteiger partial charge in [0.15, 0.2) is 0 Å². The normalized spacial score (nSPS) is 15.4. The predicted molar refractivity (Wildman–Crippen MR) is 71.7 cm³/mol. The molecule has 110 valence electrons. The van der Waals surface area contributed by atoms with E-state index in [9.17, 15) is 18.0 Å². The van der Waals surface area contributed by atoms with Crippen molar-refractivity contribution in [2.45, 2.75) is 39.3 Å². The topological polar surface area (TPSA) is 20.3 Å². The Kier molecular flexibility index (Phi) is 4.06. The Balaban J connectivity index is 2.35. The van der Waals surface area contributed by atoms with Crippen LogP contribution in [0, 0.1) is 5.92 Å². The van der Waals surface area contributed by atoms with Gasteiger partial charge in [0.1, 0.15) is 0 Å². The monoisotopic (exact) mass is 285 g/mol. The second-order valence-corrected chi connectivity index (χ2v) is 5.62. The van der Waals surface area contributed by atoms with E-state index in [-0.39, 0.29) is 6.54 Å². The summed E-state index contributed by atoms with van der Waals surface area (Å²) in [6.07, 6.45) is -2.73. The molecule has 1 heterocycles. The van der Waals surface area contributed by atoms with Crippen LogP contribution in [0.4, 0.5) is 18.9 Å². The molecule has 1 aromatic rings. The third-order valence-corrected chi connectivity index (χ3v) is 3.40. The molecule has 0 N–H and O–H groups in total. The van der Waals surface area contributed by atoms with Crippen LogP contribution in [0.25, 0.3) is 0 Å². The number of hydrogen-bond donors (Lipinski definition) is 0. The quantitative estimate of drug-likeness (QED) is 0.811. The Morgan fingerprint density at radius 1 is 1.35 bits per heavy atom. The molecule has 5 heteroatoms. The lowest BCUT2D eigenvalue weighted by Crippen LogP contribution is -2.43. The van der Waals surface area contributed by atoms with Gasteiger partial charge in [0.05, 0.1) is 0 Å². The number of anilines is 1. The molecule has 2 nitrogen and oxygen atoms in total. The molecule has 2 rings (SSSR count). The summed E-state index contributed by atoms with van der Waals surface area (Å²) in [4.78, 5) is 12.4. The van der Waals surface area contributed by atoms with Crippen molar-refractivity contribution in [1.29, 1.82) is 0 Å². The van der Waals surface area contributed by atoms with E-state index in [4.69, 9.17) is 0 Å².